The number of carbonyl (C=O) groups excluding carboxylic acids is 1. The standard InChI is InChI=1S/C21H29ClN2O/c22-19-5-3-4-16(12-19)13-21(8-1-2-9-21)20(25)24-10-6-17-14-23-15-18(17)7-11-24/h3-5,12,17-18,23H,1-2,6-11,13-15H2/t17-,18+. The smallest absolute Gasteiger partial charge is 0.229 e. The Bertz CT molecular complexity index is 612. The predicted molar refractivity (Wildman–Crippen MR) is 102 cm³/mol. The molecule has 2 heterocycles. The van der Waals surface area contributed by atoms with Crippen LogP contribution in [0.4, 0.5) is 0 Å². The number of nitrogens with one attached hydrogen (secondary N) is 1. The Morgan fingerprint density at radius 2 is 1.84 bits per heavy atom. The molecule has 1 aromatic rings. The van der Waals surface area contributed by atoms with E-state index >= 15 is 0 Å². The van der Waals surface area contributed by atoms with Gasteiger partial charge in [-0.2, -0.15) is 0 Å². The molecule has 0 spiro atoms. The molecule has 0 aromatic heterocycles. The molecular weight excluding hydrogens is 332 g/mol. The van der Waals surface area contributed by atoms with E-state index in [-0.39, 0.29) is 5.41 Å². The third kappa shape index (κ3) is 3.59. The van der Waals surface area contributed by atoms with Crippen LogP contribution in [0.3, 0.4) is 0 Å². The van der Waals surface area contributed by atoms with Crippen molar-refractivity contribution in [3.05, 3.63) is 34.9 Å². The van der Waals surface area contributed by atoms with Gasteiger partial charge in [0, 0.05) is 18.1 Å². The molecule has 4 rings (SSSR count). The second-order valence-corrected chi connectivity index (χ2v) is 8.78. The minimum atomic E-state index is -0.192. The van der Waals surface area contributed by atoms with Crippen molar-refractivity contribution in [2.45, 2.75) is 44.9 Å². The van der Waals surface area contributed by atoms with E-state index in [9.17, 15) is 4.79 Å². The van der Waals surface area contributed by atoms with Crippen LogP contribution >= 0.6 is 11.6 Å². The first-order chi connectivity index (χ1) is 12.2. The first-order valence-electron chi connectivity index (χ1n) is 9.91. The molecule has 1 N–H and O–H groups in total. The highest BCUT2D eigenvalue weighted by Gasteiger charge is 2.44. The Hall–Kier alpha value is -1.06. The molecule has 25 heavy (non-hydrogen) atoms. The van der Waals surface area contributed by atoms with Gasteiger partial charge in [-0.3, -0.25) is 4.79 Å². The van der Waals surface area contributed by atoms with Crippen molar-refractivity contribution in [3.63, 3.8) is 0 Å². The van der Waals surface area contributed by atoms with Gasteiger partial charge in [0.25, 0.3) is 0 Å². The number of hydrogen-bond acceptors (Lipinski definition) is 2. The lowest BCUT2D eigenvalue weighted by Gasteiger charge is -2.34. The Labute approximate surface area is 156 Å². The van der Waals surface area contributed by atoms with E-state index in [1.165, 1.54) is 18.4 Å². The van der Waals surface area contributed by atoms with Crippen molar-refractivity contribution >= 4 is 17.5 Å². The average molecular weight is 361 g/mol. The summed E-state index contributed by atoms with van der Waals surface area (Å²) in [6, 6.07) is 8.08. The summed E-state index contributed by atoms with van der Waals surface area (Å²) in [4.78, 5) is 15.8. The number of nitrogens with zero attached hydrogens (tertiary/aromatic N) is 1. The number of amides is 1. The lowest BCUT2D eigenvalue weighted by Crippen LogP contribution is -2.44. The van der Waals surface area contributed by atoms with Crippen molar-refractivity contribution in [1.82, 2.24) is 10.2 Å². The van der Waals surface area contributed by atoms with Crippen LogP contribution in [0, 0.1) is 17.3 Å². The van der Waals surface area contributed by atoms with Gasteiger partial charge in [-0.25, -0.2) is 0 Å². The van der Waals surface area contributed by atoms with Crippen molar-refractivity contribution in [2.24, 2.45) is 17.3 Å². The number of carbonyl (C=O) groups is 1. The van der Waals surface area contributed by atoms with Gasteiger partial charge in [-0.05, 0) is 74.7 Å². The normalized spacial score (nSPS) is 28.6. The van der Waals surface area contributed by atoms with Gasteiger partial charge in [0.1, 0.15) is 0 Å². The number of rotatable bonds is 3. The summed E-state index contributed by atoms with van der Waals surface area (Å²) in [5.74, 6) is 1.95. The largest absolute Gasteiger partial charge is 0.342 e. The SMILES string of the molecule is O=C(N1CC[C@@H]2CNC[C@@H]2CC1)C1(Cc2cccc(Cl)c2)CCCC1. The molecular formula is C21H29ClN2O. The van der Waals surface area contributed by atoms with Crippen LogP contribution in [0.15, 0.2) is 24.3 Å². The number of fused-ring (bicyclic) bond motifs is 1. The van der Waals surface area contributed by atoms with Gasteiger partial charge in [0.15, 0.2) is 0 Å². The number of halogens is 1. The van der Waals surface area contributed by atoms with Crippen molar-refractivity contribution < 1.29 is 4.79 Å². The first-order valence-corrected chi connectivity index (χ1v) is 10.3. The highest BCUT2D eigenvalue weighted by molar-refractivity contribution is 6.30. The van der Waals surface area contributed by atoms with Crippen molar-refractivity contribution in [3.8, 4) is 0 Å². The Morgan fingerprint density at radius 1 is 1.16 bits per heavy atom. The van der Waals surface area contributed by atoms with Crippen LogP contribution in [-0.2, 0) is 11.2 Å². The average Bonchev–Trinajstić information content (AvgIpc) is 3.21. The molecule has 0 radical (unpaired) electrons. The van der Waals surface area contributed by atoms with Gasteiger partial charge < -0.3 is 10.2 Å². The van der Waals surface area contributed by atoms with Gasteiger partial charge in [-0.1, -0.05) is 36.6 Å². The summed E-state index contributed by atoms with van der Waals surface area (Å²) >= 11 is 6.18. The van der Waals surface area contributed by atoms with Crippen LogP contribution in [0.2, 0.25) is 5.02 Å². The molecule has 3 fully saturated rings. The van der Waals surface area contributed by atoms with Crippen molar-refractivity contribution in [1.29, 1.82) is 0 Å². The molecule has 0 unspecified atom stereocenters. The molecule has 3 aliphatic rings. The zero-order valence-corrected chi connectivity index (χ0v) is 15.7. The predicted octanol–water partition coefficient (Wildman–Crippen LogP) is 3.90. The Balaban J connectivity index is 1.50. The molecule has 136 valence electrons. The maximum absolute atomic E-state index is 13.6. The molecule has 1 saturated carbocycles. The minimum absolute atomic E-state index is 0.192. The van der Waals surface area contributed by atoms with Crippen LogP contribution in [-0.4, -0.2) is 37.0 Å². The van der Waals surface area contributed by atoms with E-state index in [0.29, 0.717) is 5.91 Å². The van der Waals surface area contributed by atoms with Crippen LogP contribution in [0.5, 0.6) is 0 Å². The number of likely N-dealkylation sites (tertiary alicyclic amines) is 1. The zero-order valence-electron chi connectivity index (χ0n) is 15.0. The summed E-state index contributed by atoms with van der Waals surface area (Å²) in [7, 11) is 0. The summed E-state index contributed by atoms with van der Waals surface area (Å²) in [5, 5.41) is 4.29. The Morgan fingerprint density at radius 3 is 2.48 bits per heavy atom. The molecule has 3 nitrogen and oxygen atoms in total. The summed E-state index contributed by atoms with van der Waals surface area (Å²) < 4.78 is 0. The molecule has 2 atom stereocenters. The van der Waals surface area contributed by atoms with Crippen molar-refractivity contribution in [2.75, 3.05) is 26.2 Å². The third-order valence-corrected chi connectivity index (χ3v) is 6.99. The van der Waals surface area contributed by atoms with Crippen LogP contribution < -0.4 is 5.32 Å². The fraction of sp³-hybridized carbons (Fsp3) is 0.667. The summed E-state index contributed by atoms with van der Waals surface area (Å²) in [6.07, 6.45) is 7.59. The molecule has 1 amide bonds. The maximum atomic E-state index is 13.6. The lowest BCUT2D eigenvalue weighted by atomic mass is 9.78. The second-order valence-electron chi connectivity index (χ2n) is 8.34. The van der Waals surface area contributed by atoms with E-state index in [0.717, 1.165) is 75.1 Å². The third-order valence-electron chi connectivity index (χ3n) is 6.75. The highest BCUT2D eigenvalue weighted by atomic mass is 35.5. The fourth-order valence-electron chi connectivity index (χ4n) is 5.31. The quantitative estimate of drug-likeness (QED) is 0.886. The fourth-order valence-corrected chi connectivity index (χ4v) is 5.53. The summed E-state index contributed by atoms with van der Waals surface area (Å²) in [6.45, 7) is 4.17. The molecule has 4 heteroatoms. The van der Waals surface area contributed by atoms with E-state index in [1.54, 1.807) is 0 Å². The molecule has 1 aromatic carbocycles. The number of hydrogen-bond donors (Lipinski definition) is 1. The molecule has 2 saturated heterocycles. The topological polar surface area (TPSA) is 32.3 Å². The van der Waals surface area contributed by atoms with E-state index in [1.807, 2.05) is 18.2 Å². The van der Waals surface area contributed by atoms with E-state index in [2.05, 4.69) is 16.3 Å². The second kappa shape index (κ2) is 7.28. The lowest BCUT2D eigenvalue weighted by molar-refractivity contribution is -0.142. The maximum Gasteiger partial charge on any atom is 0.229 e. The molecule has 1 aliphatic carbocycles. The van der Waals surface area contributed by atoms with Gasteiger partial charge in [-0.15, -0.1) is 0 Å². The van der Waals surface area contributed by atoms with Crippen LogP contribution in [0.25, 0.3) is 0 Å². The monoisotopic (exact) mass is 360 g/mol. The highest BCUT2D eigenvalue weighted by Crippen LogP contribution is 2.43. The zero-order chi connectivity index (χ0) is 17.3. The van der Waals surface area contributed by atoms with Gasteiger partial charge >= 0.3 is 0 Å². The van der Waals surface area contributed by atoms with Gasteiger partial charge in [0.2, 0.25) is 5.91 Å². The minimum Gasteiger partial charge on any atom is -0.342 e. The Kier molecular flexibility index (Phi) is 5.06. The van der Waals surface area contributed by atoms with Gasteiger partial charge in [0.05, 0.1) is 5.41 Å². The molecule has 0 bridgehead atoms. The first kappa shape index (κ1) is 17.4. The van der Waals surface area contributed by atoms with Crippen LogP contribution in [0.1, 0.15) is 44.1 Å². The molecule has 2 aliphatic heterocycles. The summed E-state index contributed by atoms with van der Waals surface area (Å²) in [5.41, 5.74) is 1.01. The van der Waals surface area contributed by atoms with E-state index < -0.39 is 0 Å². The number of benzene rings is 1. The van der Waals surface area contributed by atoms with E-state index in [4.69, 9.17) is 11.6 Å².